The highest BCUT2D eigenvalue weighted by molar-refractivity contribution is 7.98. The summed E-state index contributed by atoms with van der Waals surface area (Å²) in [5.41, 5.74) is 2.03. The smallest absolute Gasteiger partial charge is 0.267 e. The zero-order valence-corrected chi connectivity index (χ0v) is 16.1. The minimum Gasteiger partial charge on any atom is -0.372 e. The Balaban J connectivity index is 1.98. The van der Waals surface area contributed by atoms with Gasteiger partial charge in [0, 0.05) is 11.3 Å². The lowest BCUT2D eigenvalue weighted by atomic mass is 9.96. The van der Waals surface area contributed by atoms with Gasteiger partial charge in [-0.2, -0.15) is 0 Å². The minimum absolute atomic E-state index is 0.0301. The molecular formula is C19H20N2O2S2. The Hall–Kier alpha value is -1.63. The van der Waals surface area contributed by atoms with Gasteiger partial charge in [-0.3, -0.25) is 9.36 Å². The molecule has 4 rings (SSSR count). The number of thioether (sulfide) groups is 1. The van der Waals surface area contributed by atoms with Crippen LogP contribution in [0.2, 0.25) is 0 Å². The molecule has 2 aromatic heterocycles. The summed E-state index contributed by atoms with van der Waals surface area (Å²) in [4.78, 5) is 20.2. The van der Waals surface area contributed by atoms with Gasteiger partial charge in [-0.25, -0.2) is 4.98 Å². The van der Waals surface area contributed by atoms with Gasteiger partial charge in [-0.1, -0.05) is 43.8 Å². The van der Waals surface area contributed by atoms with Gasteiger partial charge < -0.3 is 4.74 Å². The molecule has 0 aliphatic carbocycles. The predicted molar refractivity (Wildman–Crippen MR) is 104 cm³/mol. The Bertz CT molecular complexity index is 976. The summed E-state index contributed by atoms with van der Waals surface area (Å²) in [7, 11) is 0. The van der Waals surface area contributed by atoms with E-state index in [4.69, 9.17) is 9.72 Å². The average molecular weight is 373 g/mol. The van der Waals surface area contributed by atoms with Crippen LogP contribution >= 0.6 is 23.1 Å². The number of para-hydroxylation sites is 1. The first-order chi connectivity index (χ1) is 12.1. The molecule has 1 aromatic carbocycles. The molecule has 0 amide bonds. The van der Waals surface area contributed by atoms with E-state index in [1.54, 1.807) is 15.9 Å². The molecule has 0 saturated carbocycles. The van der Waals surface area contributed by atoms with Crippen molar-refractivity contribution in [1.29, 1.82) is 0 Å². The summed E-state index contributed by atoms with van der Waals surface area (Å²) in [6.45, 7) is 4.91. The highest BCUT2D eigenvalue weighted by Crippen LogP contribution is 2.36. The summed E-state index contributed by atoms with van der Waals surface area (Å²) >= 11 is 3.10. The van der Waals surface area contributed by atoms with E-state index in [9.17, 15) is 4.79 Å². The number of rotatable bonds is 3. The van der Waals surface area contributed by atoms with Crippen LogP contribution in [0.5, 0.6) is 0 Å². The Labute approximate surface area is 154 Å². The van der Waals surface area contributed by atoms with Gasteiger partial charge in [0.1, 0.15) is 4.83 Å². The lowest BCUT2D eigenvalue weighted by Gasteiger charge is -2.26. The van der Waals surface area contributed by atoms with E-state index in [1.807, 2.05) is 36.6 Å². The van der Waals surface area contributed by atoms with Crippen molar-refractivity contribution in [2.24, 2.45) is 5.92 Å². The van der Waals surface area contributed by atoms with E-state index in [0.29, 0.717) is 12.5 Å². The third-order valence-electron chi connectivity index (χ3n) is 4.65. The van der Waals surface area contributed by atoms with E-state index in [-0.39, 0.29) is 11.7 Å². The van der Waals surface area contributed by atoms with Crippen LogP contribution in [0, 0.1) is 5.92 Å². The maximum atomic E-state index is 13.4. The van der Waals surface area contributed by atoms with Crippen LogP contribution in [-0.4, -0.2) is 21.9 Å². The van der Waals surface area contributed by atoms with Crippen LogP contribution in [0.3, 0.4) is 0 Å². The largest absolute Gasteiger partial charge is 0.372 e. The van der Waals surface area contributed by atoms with Gasteiger partial charge in [0.25, 0.3) is 5.56 Å². The second kappa shape index (κ2) is 6.59. The van der Waals surface area contributed by atoms with Crippen LogP contribution in [0.4, 0.5) is 0 Å². The first kappa shape index (κ1) is 16.8. The van der Waals surface area contributed by atoms with E-state index < -0.39 is 0 Å². The summed E-state index contributed by atoms with van der Waals surface area (Å²) in [5.74, 6) is 0.429. The van der Waals surface area contributed by atoms with Crippen LogP contribution in [0.1, 0.15) is 24.3 Å². The van der Waals surface area contributed by atoms with E-state index in [1.165, 1.54) is 11.8 Å². The third-order valence-corrected chi connectivity index (χ3v) is 6.39. The monoisotopic (exact) mass is 372 g/mol. The fourth-order valence-electron chi connectivity index (χ4n) is 3.28. The maximum absolute atomic E-state index is 13.4. The molecule has 0 bridgehead atoms. The molecule has 1 atom stereocenters. The Morgan fingerprint density at radius 3 is 2.76 bits per heavy atom. The number of ether oxygens (including phenoxy) is 1. The fraction of sp³-hybridized carbons (Fsp3) is 0.368. The normalized spacial score (nSPS) is 17.2. The molecule has 0 spiro atoms. The van der Waals surface area contributed by atoms with Crippen molar-refractivity contribution < 1.29 is 4.74 Å². The molecule has 130 valence electrons. The number of fused-ring (bicyclic) bond motifs is 3. The molecule has 3 heterocycles. The van der Waals surface area contributed by atoms with Crippen molar-refractivity contribution in [3.8, 4) is 5.69 Å². The standard InChI is InChI=1S/C19H20N2O2S2/c1-11(2)14-9-13-15(10-23-14)25-17-16(13)18(22)21(19(20-17)24-3)12-7-5-4-6-8-12/h4-8,11,14H,9-10H2,1-3H3/t14-/m0/s1. The molecule has 25 heavy (non-hydrogen) atoms. The molecular weight excluding hydrogens is 352 g/mol. The predicted octanol–water partition coefficient (Wildman–Crippen LogP) is 4.27. The average Bonchev–Trinajstić information content (AvgIpc) is 2.99. The molecule has 0 unspecified atom stereocenters. The fourth-order valence-corrected chi connectivity index (χ4v) is 5.00. The van der Waals surface area contributed by atoms with Gasteiger partial charge >= 0.3 is 0 Å². The topological polar surface area (TPSA) is 44.1 Å². The Morgan fingerprint density at radius 1 is 1.32 bits per heavy atom. The SMILES string of the molecule is CSc1nc2sc3c(c2c(=O)n1-c1ccccc1)C[C@@H](C(C)C)OC3. The Kier molecular flexibility index (Phi) is 4.43. The number of thiophene rings is 1. The van der Waals surface area contributed by atoms with E-state index >= 15 is 0 Å². The molecule has 0 fully saturated rings. The van der Waals surface area contributed by atoms with Crippen LogP contribution in [0.15, 0.2) is 40.3 Å². The molecule has 3 aromatic rings. The van der Waals surface area contributed by atoms with Crippen LogP contribution < -0.4 is 5.56 Å². The molecule has 0 saturated heterocycles. The van der Waals surface area contributed by atoms with Crippen molar-refractivity contribution in [3.63, 3.8) is 0 Å². The second-order valence-electron chi connectivity index (χ2n) is 6.56. The summed E-state index contributed by atoms with van der Waals surface area (Å²) in [6.07, 6.45) is 2.91. The molecule has 1 aliphatic rings. The number of benzene rings is 1. The molecule has 6 heteroatoms. The zero-order chi connectivity index (χ0) is 17.6. The number of nitrogens with zero attached hydrogens (tertiary/aromatic N) is 2. The third kappa shape index (κ3) is 2.82. The first-order valence-corrected chi connectivity index (χ1v) is 10.4. The summed E-state index contributed by atoms with van der Waals surface area (Å²) in [5, 5.41) is 1.50. The number of hydrogen-bond acceptors (Lipinski definition) is 5. The van der Waals surface area contributed by atoms with E-state index in [0.717, 1.165) is 37.9 Å². The molecule has 0 radical (unpaired) electrons. The van der Waals surface area contributed by atoms with Crippen molar-refractivity contribution in [3.05, 3.63) is 51.1 Å². The summed E-state index contributed by atoms with van der Waals surface area (Å²) in [6, 6.07) is 9.75. The van der Waals surface area contributed by atoms with Gasteiger partial charge in [-0.05, 0) is 29.9 Å². The van der Waals surface area contributed by atoms with Gasteiger partial charge in [0.15, 0.2) is 5.16 Å². The molecule has 1 aliphatic heterocycles. The van der Waals surface area contributed by atoms with Gasteiger partial charge in [0.2, 0.25) is 0 Å². The maximum Gasteiger partial charge on any atom is 0.267 e. The first-order valence-electron chi connectivity index (χ1n) is 8.38. The summed E-state index contributed by atoms with van der Waals surface area (Å²) < 4.78 is 7.71. The minimum atomic E-state index is 0.0301. The second-order valence-corrected chi connectivity index (χ2v) is 8.41. The number of hydrogen-bond donors (Lipinski definition) is 0. The zero-order valence-electron chi connectivity index (χ0n) is 14.5. The molecule has 4 nitrogen and oxygen atoms in total. The van der Waals surface area contributed by atoms with Crippen molar-refractivity contribution >= 4 is 33.3 Å². The number of aromatic nitrogens is 2. The highest BCUT2D eigenvalue weighted by Gasteiger charge is 2.28. The van der Waals surface area contributed by atoms with Crippen LogP contribution in [-0.2, 0) is 17.8 Å². The lowest BCUT2D eigenvalue weighted by Crippen LogP contribution is -2.28. The van der Waals surface area contributed by atoms with Crippen molar-refractivity contribution in [2.75, 3.05) is 6.26 Å². The van der Waals surface area contributed by atoms with Crippen LogP contribution in [0.25, 0.3) is 15.9 Å². The van der Waals surface area contributed by atoms with Crippen molar-refractivity contribution in [1.82, 2.24) is 9.55 Å². The lowest BCUT2D eigenvalue weighted by molar-refractivity contribution is 0.00200. The quantitative estimate of drug-likeness (QED) is 0.509. The van der Waals surface area contributed by atoms with Gasteiger partial charge in [-0.15, -0.1) is 11.3 Å². The van der Waals surface area contributed by atoms with Gasteiger partial charge in [0.05, 0.1) is 23.8 Å². The molecule has 0 N–H and O–H groups in total. The van der Waals surface area contributed by atoms with Crippen molar-refractivity contribution in [2.45, 2.75) is 38.1 Å². The Morgan fingerprint density at radius 2 is 2.08 bits per heavy atom. The van der Waals surface area contributed by atoms with E-state index in [2.05, 4.69) is 13.8 Å². The highest BCUT2D eigenvalue weighted by atomic mass is 32.2.